The highest BCUT2D eigenvalue weighted by Crippen LogP contribution is 2.33. The van der Waals surface area contributed by atoms with Crippen LogP contribution in [-0.4, -0.2) is 47.9 Å². The van der Waals surface area contributed by atoms with Crippen molar-refractivity contribution >= 4 is 11.8 Å². The first kappa shape index (κ1) is 21.9. The summed E-state index contributed by atoms with van der Waals surface area (Å²) in [6, 6.07) is 7.33. The summed E-state index contributed by atoms with van der Waals surface area (Å²) in [5.41, 5.74) is 2.32. The maximum absolute atomic E-state index is 13.8. The Morgan fingerprint density at radius 1 is 0.968 bits per heavy atom. The molecule has 168 valence electrons. The fourth-order valence-electron chi connectivity index (χ4n) is 5.39. The highest BCUT2D eigenvalue weighted by Gasteiger charge is 2.42. The molecule has 5 heteroatoms. The summed E-state index contributed by atoms with van der Waals surface area (Å²) >= 11 is 0. The van der Waals surface area contributed by atoms with Gasteiger partial charge in [0.05, 0.1) is 7.11 Å². The van der Waals surface area contributed by atoms with Crippen molar-refractivity contribution in [1.29, 1.82) is 0 Å². The van der Waals surface area contributed by atoms with E-state index in [1.54, 1.807) is 7.11 Å². The number of allylic oxidation sites excluding steroid dienone is 1. The molecule has 0 N–H and O–H groups in total. The van der Waals surface area contributed by atoms with Gasteiger partial charge in [0, 0.05) is 12.6 Å². The van der Waals surface area contributed by atoms with E-state index in [-0.39, 0.29) is 24.4 Å². The standard InChI is InChI=1S/C26H36N2O3/c1-31-23-15-13-21(14-16-23)25-26(30)28(22-11-7-2-3-8-12-22)19-24(29)27(25)18-17-20-9-5-4-6-10-20/h9,13-16,22,25H,2-8,10-12,17-19H2,1H3/t25-/m0/s1. The maximum atomic E-state index is 13.8. The van der Waals surface area contributed by atoms with Crippen LogP contribution in [0.25, 0.3) is 0 Å². The van der Waals surface area contributed by atoms with Crippen molar-refractivity contribution in [2.45, 2.75) is 82.7 Å². The van der Waals surface area contributed by atoms with Crippen molar-refractivity contribution in [3.8, 4) is 5.75 Å². The summed E-state index contributed by atoms with van der Waals surface area (Å²) in [4.78, 5) is 30.9. The van der Waals surface area contributed by atoms with E-state index >= 15 is 0 Å². The molecule has 1 aromatic rings. The van der Waals surface area contributed by atoms with Gasteiger partial charge in [0.15, 0.2) is 0 Å². The van der Waals surface area contributed by atoms with Crippen LogP contribution in [0.1, 0.15) is 82.2 Å². The maximum Gasteiger partial charge on any atom is 0.250 e. The third-order valence-electron chi connectivity index (χ3n) is 7.21. The molecule has 1 saturated carbocycles. The van der Waals surface area contributed by atoms with Gasteiger partial charge in [0.2, 0.25) is 5.91 Å². The third-order valence-corrected chi connectivity index (χ3v) is 7.21. The van der Waals surface area contributed by atoms with E-state index in [9.17, 15) is 9.59 Å². The first-order valence-corrected chi connectivity index (χ1v) is 12.1. The third kappa shape index (κ3) is 5.13. The molecule has 1 aliphatic heterocycles. The molecule has 0 radical (unpaired) electrons. The SMILES string of the molecule is COc1ccc([C@H]2C(=O)N(C3CCCCCC3)CC(=O)N2CCC2=CCCCC2)cc1. The predicted molar refractivity (Wildman–Crippen MR) is 122 cm³/mol. The van der Waals surface area contributed by atoms with Gasteiger partial charge in [-0.3, -0.25) is 9.59 Å². The van der Waals surface area contributed by atoms with Gasteiger partial charge in [0.1, 0.15) is 18.3 Å². The molecule has 2 aliphatic carbocycles. The number of carbonyl (C=O) groups excluding carboxylic acids is 2. The summed E-state index contributed by atoms with van der Waals surface area (Å²) in [6.45, 7) is 0.848. The van der Waals surface area contributed by atoms with Gasteiger partial charge in [-0.25, -0.2) is 0 Å². The van der Waals surface area contributed by atoms with Gasteiger partial charge in [0.25, 0.3) is 5.91 Å². The van der Waals surface area contributed by atoms with Crippen LogP contribution in [0, 0.1) is 0 Å². The molecule has 3 aliphatic rings. The smallest absolute Gasteiger partial charge is 0.250 e. The van der Waals surface area contributed by atoms with Crippen LogP contribution in [0.15, 0.2) is 35.9 Å². The number of piperazine rings is 1. The Hall–Kier alpha value is -2.30. The number of rotatable bonds is 6. The number of hydrogen-bond donors (Lipinski definition) is 0. The summed E-state index contributed by atoms with van der Waals surface area (Å²) in [5, 5.41) is 0. The molecule has 0 aromatic heterocycles. The second-order valence-corrected chi connectivity index (χ2v) is 9.23. The van der Waals surface area contributed by atoms with Gasteiger partial charge in [-0.1, -0.05) is 49.5 Å². The quantitative estimate of drug-likeness (QED) is 0.476. The zero-order valence-electron chi connectivity index (χ0n) is 18.9. The van der Waals surface area contributed by atoms with E-state index < -0.39 is 6.04 Å². The van der Waals surface area contributed by atoms with Gasteiger partial charge < -0.3 is 14.5 Å². The number of hydrogen-bond acceptors (Lipinski definition) is 3. The van der Waals surface area contributed by atoms with Gasteiger partial charge >= 0.3 is 0 Å². The van der Waals surface area contributed by atoms with Crippen molar-refractivity contribution in [3.63, 3.8) is 0 Å². The number of ether oxygens (including phenoxy) is 1. The molecular formula is C26H36N2O3. The zero-order chi connectivity index (χ0) is 21.6. The molecule has 1 heterocycles. The minimum Gasteiger partial charge on any atom is -0.497 e. The van der Waals surface area contributed by atoms with E-state index in [2.05, 4.69) is 6.08 Å². The van der Waals surface area contributed by atoms with E-state index in [0.717, 1.165) is 56.3 Å². The van der Waals surface area contributed by atoms with Crippen molar-refractivity contribution < 1.29 is 14.3 Å². The molecule has 5 nitrogen and oxygen atoms in total. The molecule has 2 amide bonds. The van der Waals surface area contributed by atoms with Crippen LogP contribution < -0.4 is 4.74 Å². The molecule has 2 fully saturated rings. The molecule has 0 unspecified atom stereocenters. The Balaban J connectivity index is 1.58. The van der Waals surface area contributed by atoms with Crippen LogP contribution in [0.4, 0.5) is 0 Å². The second kappa shape index (κ2) is 10.3. The second-order valence-electron chi connectivity index (χ2n) is 9.23. The first-order chi connectivity index (χ1) is 15.2. The van der Waals surface area contributed by atoms with Gasteiger partial charge in [-0.15, -0.1) is 0 Å². The van der Waals surface area contributed by atoms with Crippen LogP contribution >= 0.6 is 0 Å². The molecule has 1 saturated heterocycles. The number of carbonyl (C=O) groups is 2. The van der Waals surface area contributed by atoms with E-state index in [1.165, 1.54) is 31.3 Å². The van der Waals surface area contributed by atoms with E-state index in [0.29, 0.717) is 6.54 Å². The largest absolute Gasteiger partial charge is 0.497 e. The molecule has 1 atom stereocenters. The minimum absolute atomic E-state index is 0.0843. The highest BCUT2D eigenvalue weighted by molar-refractivity contribution is 5.95. The van der Waals surface area contributed by atoms with E-state index in [1.807, 2.05) is 34.1 Å². The van der Waals surface area contributed by atoms with Gasteiger partial charge in [-0.05, 0) is 62.6 Å². The lowest BCUT2D eigenvalue weighted by Gasteiger charge is -2.43. The molecule has 31 heavy (non-hydrogen) atoms. The molecule has 1 aromatic carbocycles. The fraction of sp³-hybridized carbons (Fsp3) is 0.615. The topological polar surface area (TPSA) is 49.9 Å². The van der Waals surface area contributed by atoms with Crippen LogP contribution in [-0.2, 0) is 9.59 Å². The van der Waals surface area contributed by atoms with Crippen LogP contribution in [0.5, 0.6) is 5.75 Å². The van der Waals surface area contributed by atoms with Crippen molar-refractivity contribution in [2.75, 3.05) is 20.2 Å². The summed E-state index contributed by atoms with van der Waals surface area (Å²) < 4.78 is 5.30. The predicted octanol–water partition coefficient (Wildman–Crippen LogP) is 5.02. The number of amides is 2. The van der Waals surface area contributed by atoms with Crippen LogP contribution in [0.2, 0.25) is 0 Å². The van der Waals surface area contributed by atoms with Crippen molar-refractivity contribution in [2.24, 2.45) is 0 Å². The van der Waals surface area contributed by atoms with Crippen LogP contribution in [0.3, 0.4) is 0 Å². The summed E-state index contributed by atoms with van der Waals surface area (Å²) in [6.07, 6.45) is 14.7. The summed E-state index contributed by atoms with van der Waals surface area (Å²) in [5.74, 6) is 0.938. The zero-order valence-corrected chi connectivity index (χ0v) is 18.9. The lowest BCUT2D eigenvalue weighted by Crippen LogP contribution is -2.58. The first-order valence-electron chi connectivity index (χ1n) is 12.1. The minimum atomic E-state index is -0.528. The number of benzene rings is 1. The number of nitrogens with zero attached hydrogens (tertiary/aromatic N) is 2. The molecule has 0 bridgehead atoms. The monoisotopic (exact) mass is 424 g/mol. The Bertz CT molecular complexity index is 793. The lowest BCUT2D eigenvalue weighted by atomic mass is 9.94. The Labute approximate surface area is 186 Å². The Kier molecular flexibility index (Phi) is 7.31. The summed E-state index contributed by atoms with van der Waals surface area (Å²) in [7, 11) is 1.64. The average Bonchev–Trinajstić information content (AvgIpc) is 3.09. The molecular weight excluding hydrogens is 388 g/mol. The van der Waals surface area contributed by atoms with Gasteiger partial charge in [-0.2, -0.15) is 0 Å². The lowest BCUT2D eigenvalue weighted by molar-refractivity contribution is -0.158. The number of methoxy groups -OCH3 is 1. The normalized spacial score (nSPS) is 23.5. The van der Waals surface area contributed by atoms with E-state index in [4.69, 9.17) is 4.74 Å². The molecule has 0 spiro atoms. The Morgan fingerprint density at radius 3 is 2.35 bits per heavy atom. The van der Waals surface area contributed by atoms with Crippen molar-refractivity contribution in [1.82, 2.24) is 9.80 Å². The average molecular weight is 425 g/mol. The fourth-order valence-corrected chi connectivity index (χ4v) is 5.39. The van der Waals surface area contributed by atoms with Crippen molar-refractivity contribution in [3.05, 3.63) is 41.5 Å². The molecule has 4 rings (SSSR count). The Morgan fingerprint density at radius 2 is 1.71 bits per heavy atom. The highest BCUT2D eigenvalue weighted by atomic mass is 16.5.